The van der Waals surface area contributed by atoms with Crippen LogP contribution in [0.5, 0.6) is 0 Å². The quantitative estimate of drug-likeness (QED) is 0.723. The van der Waals surface area contributed by atoms with Crippen LogP contribution in [0.3, 0.4) is 0 Å². The zero-order valence-electron chi connectivity index (χ0n) is 13.4. The lowest BCUT2D eigenvalue weighted by atomic mass is 10.0. The Bertz CT molecular complexity index is 506. The number of carbonyl (C=O) groups is 2. The molecule has 5 nitrogen and oxygen atoms in total. The molecule has 1 aliphatic heterocycles. The number of benzene rings is 1. The molecule has 1 amide bonds. The number of rotatable bonds is 8. The van der Waals surface area contributed by atoms with Crippen LogP contribution in [0.25, 0.3) is 0 Å². The van der Waals surface area contributed by atoms with E-state index >= 15 is 0 Å². The maximum Gasteiger partial charge on any atom is 0.335 e. The predicted octanol–water partition coefficient (Wildman–Crippen LogP) is 2.78. The van der Waals surface area contributed by atoms with Crippen molar-refractivity contribution in [2.45, 2.75) is 51.0 Å². The van der Waals surface area contributed by atoms with Gasteiger partial charge in [-0.25, -0.2) is 4.79 Å². The Morgan fingerprint density at radius 2 is 2.00 bits per heavy atom. The third kappa shape index (κ3) is 6.40. The lowest BCUT2D eigenvalue weighted by molar-refractivity contribution is -0.121. The molecule has 0 spiro atoms. The number of carbonyl (C=O) groups excluding carboxylic acids is 1. The first-order valence-electron chi connectivity index (χ1n) is 8.35. The summed E-state index contributed by atoms with van der Waals surface area (Å²) in [5.74, 6) is -0.895. The van der Waals surface area contributed by atoms with Gasteiger partial charge in [-0.1, -0.05) is 12.1 Å². The number of carboxylic acid groups (broad SMARTS) is 1. The average molecular weight is 319 g/mol. The molecule has 0 bridgehead atoms. The highest BCUT2D eigenvalue weighted by Gasteiger charge is 2.13. The van der Waals surface area contributed by atoms with E-state index in [9.17, 15) is 9.59 Å². The van der Waals surface area contributed by atoms with E-state index in [0.29, 0.717) is 25.5 Å². The third-order valence-electron chi connectivity index (χ3n) is 4.14. The summed E-state index contributed by atoms with van der Waals surface area (Å²) < 4.78 is 5.66. The van der Waals surface area contributed by atoms with E-state index in [1.807, 2.05) is 0 Å². The fraction of sp³-hybridized carbons (Fsp3) is 0.556. The van der Waals surface area contributed by atoms with Crippen LogP contribution in [0.15, 0.2) is 24.3 Å². The van der Waals surface area contributed by atoms with Crippen LogP contribution < -0.4 is 5.32 Å². The van der Waals surface area contributed by atoms with Crippen molar-refractivity contribution in [1.82, 2.24) is 5.32 Å². The zero-order valence-corrected chi connectivity index (χ0v) is 13.4. The van der Waals surface area contributed by atoms with Gasteiger partial charge in [0.2, 0.25) is 5.91 Å². The number of carboxylic acids is 1. The SMILES string of the molecule is O=C(CCc1ccc(C(=O)O)cc1)NCCCC1CCCCO1. The second-order valence-corrected chi connectivity index (χ2v) is 5.98. The second kappa shape index (κ2) is 9.30. The first kappa shape index (κ1) is 17.5. The molecule has 2 rings (SSSR count). The molecule has 126 valence electrons. The fourth-order valence-electron chi connectivity index (χ4n) is 2.75. The van der Waals surface area contributed by atoms with Gasteiger partial charge in [-0.2, -0.15) is 0 Å². The van der Waals surface area contributed by atoms with Gasteiger partial charge < -0.3 is 15.2 Å². The van der Waals surface area contributed by atoms with Gasteiger partial charge in [0.15, 0.2) is 0 Å². The van der Waals surface area contributed by atoms with Crippen LogP contribution >= 0.6 is 0 Å². The van der Waals surface area contributed by atoms with Gasteiger partial charge in [-0.05, 0) is 56.2 Å². The van der Waals surface area contributed by atoms with Crippen LogP contribution in [0, 0.1) is 0 Å². The second-order valence-electron chi connectivity index (χ2n) is 5.98. The Kier molecular flexibility index (Phi) is 7.07. The van der Waals surface area contributed by atoms with Gasteiger partial charge in [0.1, 0.15) is 0 Å². The Morgan fingerprint density at radius 3 is 2.65 bits per heavy atom. The summed E-state index contributed by atoms with van der Waals surface area (Å²) in [4.78, 5) is 22.6. The van der Waals surface area contributed by atoms with E-state index in [1.165, 1.54) is 12.8 Å². The molecule has 0 aromatic heterocycles. The van der Waals surface area contributed by atoms with Crippen molar-refractivity contribution in [2.24, 2.45) is 0 Å². The standard InChI is InChI=1S/C18H25NO4/c20-17(19-12-3-5-16-4-1-2-13-23-16)11-8-14-6-9-15(10-7-14)18(21)22/h6-7,9-10,16H,1-5,8,11-13H2,(H,19,20)(H,21,22). The smallest absolute Gasteiger partial charge is 0.335 e. The molecule has 1 atom stereocenters. The number of nitrogens with one attached hydrogen (secondary N) is 1. The van der Waals surface area contributed by atoms with Gasteiger partial charge in [0.05, 0.1) is 11.7 Å². The molecule has 0 saturated carbocycles. The summed E-state index contributed by atoms with van der Waals surface area (Å²) in [5.41, 5.74) is 1.24. The van der Waals surface area contributed by atoms with Crippen LogP contribution in [-0.4, -0.2) is 36.2 Å². The minimum Gasteiger partial charge on any atom is -0.478 e. The Labute approximate surface area is 137 Å². The van der Waals surface area contributed by atoms with Crippen molar-refractivity contribution >= 4 is 11.9 Å². The van der Waals surface area contributed by atoms with E-state index < -0.39 is 5.97 Å². The molecular weight excluding hydrogens is 294 g/mol. The Balaban J connectivity index is 1.58. The number of ether oxygens (including phenoxy) is 1. The number of hydrogen-bond acceptors (Lipinski definition) is 3. The first-order chi connectivity index (χ1) is 11.1. The average Bonchev–Trinajstić information content (AvgIpc) is 2.58. The normalized spacial score (nSPS) is 17.7. The van der Waals surface area contributed by atoms with Gasteiger partial charge in [0, 0.05) is 19.6 Å². The zero-order chi connectivity index (χ0) is 16.5. The number of hydrogen-bond donors (Lipinski definition) is 2. The highest BCUT2D eigenvalue weighted by Crippen LogP contribution is 2.16. The molecule has 1 saturated heterocycles. The topological polar surface area (TPSA) is 75.6 Å². The lowest BCUT2D eigenvalue weighted by Crippen LogP contribution is -2.26. The van der Waals surface area contributed by atoms with E-state index in [1.54, 1.807) is 24.3 Å². The molecular formula is C18H25NO4. The summed E-state index contributed by atoms with van der Waals surface area (Å²) in [6.07, 6.45) is 6.93. The van der Waals surface area contributed by atoms with Crippen molar-refractivity contribution < 1.29 is 19.4 Å². The van der Waals surface area contributed by atoms with Gasteiger partial charge >= 0.3 is 5.97 Å². The molecule has 1 aromatic carbocycles. The molecule has 1 aliphatic rings. The van der Waals surface area contributed by atoms with Crippen molar-refractivity contribution in [1.29, 1.82) is 0 Å². The van der Waals surface area contributed by atoms with Crippen LogP contribution in [0.4, 0.5) is 0 Å². The van der Waals surface area contributed by atoms with E-state index in [4.69, 9.17) is 9.84 Å². The Morgan fingerprint density at radius 1 is 1.22 bits per heavy atom. The molecule has 23 heavy (non-hydrogen) atoms. The van der Waals surface area contributed by atoms with Crippen molar-refractivity contribution in [2.75, 3.05) is 13.2 Å². The van der Waals surface area contributed by atoms with Crippen LogP contribution in [-0.2, 0) is 16.0 Å². The van der Waals surface area contributed by atoms with Crippen molar-refractivity contribution in [3.63, 3.8) is 0 Å². The molecule has 1 aromatic rings. The number of aryl methyl sites for hydroxylation is 1. The largest absolute Gasteiger partial charge is 0.478 e. The molecule has 0 radical (unpaired) electrons. The van der Waals surface area contributed by atoms with Gasteiger partial charge in [-0.3, -0.25) is 4.79 Å². The fourth-order valence-corrected chi connectivity index (χ4v) is 2.75. The lowest BCUT2D eigenvalue weighted by Gasteiger charge is -2.22. The predicted molar refractivity (Wildman–Crippen MR) is 87.6 cm³/mol. The van der Waals surface area contributed by atoms with Crippen LogP contribution in [0.1, 0.15) is 54.4 Å². The minimum absolute atomic E-state index is 0.0388. The third-order valence-corrected chi connectivity index (χ3v) is 4.14. The summed E-state index contributed by atoms with van der Waals surface area (Å²) in [7, 11) is 0. The highest BCUT2D eigenvalue weighted by atomic mass is 16.5. The Hall–Kier alpha value is -1.88. The maximum atomic E-state index is 11.8. The van der Waals surface area contributed by atoms with Crippen molar-refractivity contribution in [3.8, 4) is 0 Å². The molecule has 0 aliphatic carbocycles. The molecule has 1 fully saturated rings. The molecule has 5 heteroatoms. The number of amides is 1. The molecule has 2 N–H and O–H groups in total. The molecule has 1 unspecified atom stereocenters. The summed E-state index contributed by atoms with van der Waals surface area (Å²) in [6.45, 7) is 1.56. The first-order valence-corrected chi connectivity index (χ1v) is 8.35. The van der Waals surface area contributed by atoms with Crippen molar-refractivity contribution in [3.05, 3.63) is 35.4 Å². The van der Waals surface area contributed by atoms with Gasteiger partial charge in [0.25, 0.3) is 0 Å². The van der Waals surface area contributed by atoms with Gasteiger partial charge in [-0.15, -0.1) is 0 Å². The highest BCUT2D eigenvalue weighted by molar-refractivity contribution is 5.87. The summed E-state index contributed by atoms with van der Waals surface area (Å²) >= 11 is 0. The molecule has 1 heterocycles. The van der Waals surface area contributed by atoms with Crippen LogP contribution in [0.2, 0.25) is 0 Å². The summed E-state index contributed by atoms with van der Waals surface area (Å²) in [6, 6.07) is 6.66. The maximum absolute atomic E-state index is 11.8. The minimum atomic E-state index is -0.934. The summed E-state index contributed by atoms with van der Waals surface area (Å²) in [5, 5.41) is 11.8. The van der Waals surface area contributed by atoms with E-state index in [0.717, 1.165) is 31.4 Å². The van der Waals surface area contributed by atoms with E-state index in [-0.39, 0.29) is 11.5 Å². The number of aromatic carboxylic acids is 1. The monoisotopic (exact) mass is 319 g/mol. The van der Waals surface area contributed by atoms with E-state index in [2.05, 4.69) is 5.32 Å².